The fourth-order valence-corrected chi connectivity index (χ4v) is 2.71. The Morgan fingerprint density at radius 1 is 1.25 bits per heavy atom. The van der Waals surface area contributed by atoms with Crippen LogP contribution in [0.2, 0.25) is 0 Å². The molecule has 0 atom stereocenters. The summed E-state index contributed by atoms with van der Waals surface area (Å²) in [5.74, 6) is -1.35. The van der Waals surface area contributed by atoms with Crippen LogP contribution in [0.1, 0.15) is 39.0 Å². The second kappa shape index (κ2) is 7.89. The number of halogens is 2. The fraction of sp³-hybridized carbons (Fsp3) is 0.533. The van der Waals surface area contributed by atoms with Gasteiger partial charge in [0.15, 0.2) is 0 Å². The molecule has 0 bridgehead atoms. The van der Waals surface area contributed by atoms with E-state index in [1.807, 2.05) is 6.92 Å². The molecule has 1 aliphatic rings. The molecule has 0 aliphatic heterocycles. The Hall–Kier alpha value is -0.736. The first kappa shape index (κ1) is 17.3. The van der Waals surface area contributed by atoms with Gasteiger partial charge in [0.25, 0.3) is 0 Å². The van der Waals surface area contributed by atoms with Gasteiger partial charge in [-0.1, -0.05) is 19.3 Å². The van der Waals surface area contributed by atoms with Gasteiger partial charge < -0.3 is 4.90 Å². The summed E-state index contributed by atoms with van der Waals surface area (Å²) in [5.41, 5.74) is 0.180. The number of benzene rings is 1. The predicted molar refractivity (Wildman–Crippen MR) is 71.0 cm³/mol. The van der Waals surface area contributed by atoms with Crippen molar-refractivity contribution in [3.63, 3.8) is 0 Å². The van der Waals surface area contributed by atoms with Crippen molar-refractivity contribution in [2.75, 3.05) is 11.4 Å². The monoisotopic (exact) mass is 315 g/mol. The molecule has 1 saturated carbocycles. The summed E-state index contributed by atoms with van der Waals surface area (Å²) >= 11 is 0. The zero-order chi connectivity index (χ0) is 13.8. The van der Waals surface area contributed by atoms with Gasteiger partial charge in [-0.15, -0.1) is 0 Å². The van der Waals surface area contributed by atoms with E-state index in [9.17, 15) is 13.6 Å². The molecular weight excluding hydrogens is 296 g/mol. The van der Waals surface area contributed by atoms with Crippen LogP contribution in [0.5, 0.6) is 0 Å². The molecule has 0 radical (unpaired) electrons. The summed E-state index contributed by atoms with van der Waals surface area (Å²) in [7, 11) is 0. The Balaban J connectivity index is 0.00000200. The maximum atomic E-state index is 13.8. The van der Waals surface area contributed by atoms with Gasteiger partial charge in [-0.3, -0.25) is 4.79 Å². The van der Waals surface area contributed by atoms with Gasteiger partial charge in [-0.2, -0.15) is 0 Å². The Kier molecular flexibility index (Phi) is 6.83. The van der Waals surface area contributed by atoms with Crippen LogP contribution in [-0.2, 0) is 26.5 Å². The topological polar surface area (TPSA) is 20.3 Å². The molecule has 1 amide bonds. The molecule has 2 nitrogen and oxygen atoms in total. The van der Waals surface area contributed by atoms with Gasteiger partial charge in [0.05, 0.1) is 5.69 Å². The van der Waals surface area contributed by atoms with Crippen LogP contribution in [0.4, 0.5) is 14.5 Å². The third-order valence-corrected chi connectivity index (χ3v) is 3.74. The normalized spacial score (nSPS) is 15.6. The number of amides is 1. The van der Waals surface area contributed by atoms with E-state index < -0.39 is 11.6 Å². The van der Waals surface area contributed by atoms with Crippen LogP contribution in [0.3, 0.4) is 0 Å². The van der Waals surface area contributed by atoms with E-state index in [4.69, 9.17) is 0 Å². The SMILES string of the molecule is CCN(C(=O)C1CCCCC1)c1ccc(F)cc1F.[Ti]. The molecule has 0 saturated heterocycles. The Morgan fingerprint density at radius 2 is 1.90 bits per heavy atom. The molecule has 1 aliphatic carbocycles. The summed E-state index contributed by atoms with van der Waals surface area (Å²) < 4.78 is 26.7. The average molecular weight is 315 g/mol. The molecule has 0 unspecified atom stereocenters. The molecule has 0 heterocycles. The molecule has 1 aromatic carbocycles. The Morgan fingerprint density at radius 3 is 2.45 bits per heavy atom. The zero-order valence-electron chi connectivity index (χ0n) is 11.7. The zero-order valence-corrected chi connectivity index (χ0v) is 13.2. The van der Waals surface area contributed by atoms with E-state index in [2.05, 4.69) is 0 Å². The first-order valence-electron chi connectivity index (χ1n) is 6.90. The number of rotatable bonds is 3. The van der Waals surface area contributed by atoms with Crippen LogP contribution in [0.25, 0.3) is 0 Å². The van der Waals surface area contributed by atoms with Gasteiger partial charge in [0.1, 0.15) is 11.6 Å². The van der Waals surface area contributed by atoms with Gasteiger partial charge in [-0.25, -0.2) is 8.78 Å². The summed E-state index contributed by atoms with van der Waals surface area (Å²) in [6.45, 7) is 2.21. The van der Waals surface area contributed by atoms with Crippen molar-refractivity contribution in [1.29, 1.82) is 0 Å². The van der Waals surface area contributed by atoms with E-state index in [0.717, 1.165) is 31.7 Å². The van der Waals surface area contributed by atoms with Crippen molar-refractivity contribution in [3.05, 3.63) is 29.8 Å². The van der Waals surface area contributed by atoms with E-state index in [-0.39, 0.29) is 39.2 Å². The van der Waals surface area contributed by atoms with Crippen LogP contribution in [0.15, 0.2) is 18.2 Å². The Labute approximate surface area is 133 Å². The summed E-state index contributed by atoms with van der Waals surface area (Å²) in [6.07, 6.45) is 5.02. The Bertz CT molecular complexity index is 461. The molecule has 108 valence electrons. The van der Waals surface area contributed by atoms with E-state index in [0.29, 0.717) is 6.54 Å². The van der Waals surface area contributed by atoms with Crippen molar-refractivity contribution in [2.24, 2.45) is 5.92 Å². The summed E-state index contributed by atoms with van der Waals surface area (Å²) in [4.78, 5) is 13.9. The van der Waals surface area contributed by atoms with Crippen LogP contribution < -0.4 is 4.90 Å². The van der Waals surface area contributed by atoms with Crippen molar-refractivity contribution in [2.45, 2.75) is 39.0 Å². The maximum Gasteiger partial charge on any atom is 0.230 e. The predicted octanol–water partition coefficient (Wildman–Crippen LogP) is 3.90. The van der Waals surface area contributed by atoms with Gasteiger partial charge in [0.2, 0.25) is 5.91 Å². The summed E-state index contributed by atoms with van der Waals surface area (Å²) in [6, 6.07) is 3.36. The van der Waals surface area contributed by atoms with Gasteiger partial charge in [-0.05, 0) is 31.9 Å². The molecule has 5 heteroatoms. The number of carbonyl (C=O) groups excluding carboxylic acids is 1. The molecular formula is C15H19F2NOTi. The third kappa shape index (κ3) is 3.89. The molecule has 0 N–H and O–H groups in total. The van der Waals surface area contributed by atoms with Crippen molar-refractivity contribution >= 4 is 11.6 Å². The first-order valence-corrected chi connectivity index (χ1v) is 6.90. The third-order valence-electron chi connectivity index (χ3n) is 3.74. The number of hydrogen-bond donors (Lipinski definition) is 0. The largest absolute Gasteiger partial charge is 0.310 e. The summed E-state index contributed by atoms with van der Waals surface area (Å²) in [5, 5.41) is 0. The van der Waals surface area contributed by atoms with E-state index in [1.165, 1.54) is 23.5 Å². The molecule has 1 fully saturated rings. The minimum atomic E-state index is -0.675. The second-order valence-electron chi connectivity index (χ2n) is 5.01. The smallest absolute Gasteiger partial charge is 0.230 e. The quantitative estimate of drug-likeness (QED) is 0.775. The molecule has 2 rings (SSSR count). The average Bonchev–Trinajstić information content (AvgIpc) is 2.42. The number of hydrogen-bond acceptors (Lipinski definition) is 1. The molecule has 0 spiro atoms. The fourth-order valence-electron chi connectivity index (χ4n) is 2.71. The first-order chi connectivity index (χ1) is 9.13. The van der Waals surface area contributed by atoms with E-state index in [1.54, 1.807) is 0 Å². The second-order valence-corrected chi connectivity index (χ2v) is 5.01. The van der Waals surface area contributed by atoms with E-state index >= 15 is 0 Å². The molecule has 1 aromatic rings. The van der Waals surface area contributed by atoms with Crippen molar-refractivity contribution < 1.29 is 35.3 Å². The minimum absolute atomic E-state index is 0. The van der Waals surface area contributed by atoms with Crippen LogP contribution >= 0.6 is 0 Å². The molecule has 20 heavy (non-hydrogen) atoms. The van der Waals surface area contributed by atoms with Crippen molar-refractivity contribution in [1.82, 2.24) is 0 Å². The van der Waals surface area contributed by atoms with Gasteiger partial charge >= 0.3 is 0 Å². The van der Waals surface area contributed by atoms with Gasteiger partial charge in [0, 0.05) is 40.2 Å². The number of anilines is 1. The standard InChI is InChI=1S/C15H19F2NO.Ti/c1-2-18(14-9-8-12(16)10-13(14)17)15(19)11-6-4-3-5-7-11;/h8-11H,2-7H2,1H3;. The van der Waals surface area contributed by atoms with Crippen LogP contribution in [0, 0.1) is 17.6 Å². The van der Waals surface area contributed by atoms with Crippen molar-refractivity contribution in [3.8, 4) is 0 Å². The molecule has 0 aromatic heterocycles. The minimum Gasteiger partial charge on any atom is -0.310 e. The maximum absolute atomic E-state index is 13.8. The number of nitrogens with zero attached hydrogens (tertiary/aromatic N) is 1. The number of carbonyl (C=O) groups is 1. The van der Waals surface area contributed by atoms with Crippen LogP contribution in [-0.4, -0.2) is 12.5 Å².